The largest absolute Gasteiger partial charge is 0.479 e. The molecule has 0 unspecified atom stereocenters. The lowest BCUT2D eigenvalue weighted by atomic mass is 10.0. The minimum absolute atomic E-state index is 0.862. The molecule has 0 aliphatic carbocycles. The van der Waals surface area contributed by atoms with E-state index < -0.39 is 56.0 Å². The topological polar surface area (TPSA) is 188 Å². The van der Waals surface area contributed by atoms with Crippen LogP contribution in [0.25, 0.3) is 0 Å². The molecule has 0 radical (unpaired) electrons. The molecule has 0 aromatic rings. The molecule has 8 N–H and O–H groups in total. The summed E-state index contributed by atoms with van der Waals surface area (Å²) in [6, 6.07) is 0. The summed E-state index contributed by atoms with van der Waals surface area (Å²) in [6.45, 7) is -1.75. The van der Waals surface area contributed by atoms with E-state index in [-0.39, 0.29) is 0 Å². The molecule has 0 fully saturated rings. The van der Waals surface area contributed by atoms with Crippen molar-refractivity contribution in [1.82, 2.24) is 0 Å². The van der Waals surface area contributed by atoms with E-state index >= 15 is 0 Å². The smallest absolute Gasteiger partial charge is 0.334 e. The average Bonchev–Trinajstić information content (AvgIpc) is 2.40. The number of hydrogen-bond acceptors (Lipinski definition) is 9. The van der Waals surface area contributed by atoms with Crippen LogP contribution in [-0.4, -0.2) is 96.8 Å². The molecule has 10 nitrogen and oxygen atoms in total. The van der Waals surface area contributed by atoms with Crippen molar-refractivity contribution in [3.63, 3.8) is 0 Å². The maximum Gasteiger partial charge on any atom is 0.334 e. The Balaban J connectivity index is 4.31. The summed E-state index contributed by atoms with van der Waals surface area (Å²) < 4.78 is 4.37. The second-order valence-electron chi connectivity index (χ2n) is 3.80. The first-order chi connectivity index (χ1) is 8.72. The number of hydrogen-bond donors (Lipinski definition) is 8. The number of carboxylic acids is 1. The Kier molecular flexibility index (Phi) is 7.97. The number of carbonyl (C=O) groups is 1. The van der Waals surface area contributed by atoms with Gasteiger partial charge in [-0.3, -0.25) is 0 Å². The molecule has 0 aromatic carbocycles. The van der Waals surface area contributed by atoms with Gasteiger partial charge < -0.3 is 45.6 Å². The van der Waals surface area contributed by atoms with E-state index in [1.165, 1.54) is 0 Å². The summed E-state index contributed by atoms with van der Waals surface area (Å²) in [5.74, 6) is -1.61. The predicted molar refractivity (Wildman–Crippen MR) is 56.7 cm³/mol. The van der Waals surface area contributed by atoms with Crippen LogP contribution in [0, 0.1) is 0 Å². The van der Waals surface area contributed by atoms with Gasteiger partial charge in [0, 0.05) is 0 Å². The number of ether oxygens (including phenoxy) is 1. The third-order valence-electron chi connectivity index (χ3n) is 2.28. The number of carboxylic acid groups (broad SMARTS) is 1. The van der Waals surface area contributed by atoms with Crippen LogP contribution in [0.1, 0.15) is 0 Å². The molecule has 10 heteroatoms. The second-order valence-corrected chi connectivity index (χ2v) is 3.80. The Morgan fingerprint density at radius 2 is 1.47 bits per heavy atom. The maximum absolute atomic E-state index is 10.2. The van der Waals surface area contributed by atoms with Gasteiger partial charge in [0.05, 0.1) is 13.2 Å². The fraction of sp³-hybridized carbons (Fsp3) is 0.889. The molecule has 0 spiro atoms. The summed E-state index contributed by atoms with van der Waals surface area (Å²) in [5, 5.41) is 71.8. The van der Waals surface area contributed by atoms with Crippen molar-refractivity contribution in [2.75, 3.05) is 13.2 Å². The van der Waals surface area contributed by atoms with Crippen LogP contribution in [0.15, 0.2) is 0 Å². The van der Waals surface area contributed by atoms with Crippen molar-refractivity contribution in [2.24, 2.45) is 0 Å². The minimum Gasteiger partial charge on any atom is -0.479 e. The van der Waals surface area contributed by atoms with Gasteiger partial charge in [-0.2, -0.15) is 0 Å². The van der Waals surface area contributed by atoms with Crippen molar-refractivity contribution in [3.8, 4) is 0 Å². The molecule has 0 aliphatic heterocycles. The van der Waals surface area contributed by atoms with E-state index in [1.807, 2.05) is 0 Å². The summed E-state index contributed by atoms with van der Waals surface area (Å²) in [7, 11) is 0. The van der Waals surface area contributed by atoms with Gasteiger partial charge in [0.2, 0.25) is 0 Å². The Hall–Kier alpha value is -0.850. The van der Waals surface area contributed by atoms with Crippen LogP contribution >= 0.6 is 0 Å². The van der Waals surface area contributed by atoms with E-state index in [4.69, 9.17) is 20.4 Å². The van der Waals surface area contributed by atoms with E-state index in [2.05, 4.69) is 4.74 Å². The molecule has 0 heterocycles. The number of aliphatic carboxylic acids is 1. The lowest BCUT2D eigenvalue weighted by molar-refractivity contribution is -0.219. The quantitative estimate of drug-likeness (QED) is 0.191. The van der Waals surface area contributed by atoms with Crippen LogP contribution in [0.4, 0.5) is 0 Å². The lowest BCUT2D eigenvalue weighted by Crippen LogP contribution is -2.51. The fourth-order valence-electron chi connectivity index (χ4n) is 1.07. The molecule has 0 aromatic heterocycles. The Bertz CT molecular complexity index is 272. The zero-order valence-corrected chi connectivity index (χ0v) is 9.77. The van der Waals surface area contributed by atoms with Gasteiger partial charge in [0.1, 0.15) is 24.4 Å². The Morgan fingerprint density at radius 1 is 0.947 bits per heavy atom. The molecule has 0 saturated heterocycles. The molecular weight excluding hydrogens is 268 g/mol. The number of aliphatic hydroxyl groups is 7. The second kappa shape index (κ2) is 8.35. The van der Waals surface area contributed by atoms with Crippen molar-refractivity contribution < 1.29 is 50.4 Å². The summed E-state index contributed by atoms with van der Waals surface area (Å²) >= 11 is 0. The van der Waals surface area contributed by atoms with E-state index in [0.717, 1.165) is 0 Å². The molecular formula is C9H18O10. The third kappa shape index (κ3) is 5.76. The highest BCUT2D eigenvalue weighted by atomic mass is 16.6. The summed E-state index contributed by atoms with van der Waals surface area (Å²) in [5.41, 5.74) is 0. The highest BCUT2D eigenvalue weighted by molar-refractivity contribution is 5.71. The van der Waals surface area contributed by atoms with Crippen LogP contribution in [0.2, 0.25) is 0 Å². The van der Waals surface area contributed by atoms with Crippen molar-refractivity contribution in [2.45, 2.75) is 36.8 Å². The summed E-state index contributed by atoms with van der Waals surface area (Å²) in [6.07, 6.45) is -11.9. The van der Waals surface area contributed by atoms with Gasteiger partial charge in [-0.1, -0.05) is 0 Å². The zero-order chi connectivity index (χ0) is 15.2. The highest BCUT2D eigenvalue weighted by Gasteiger charge is 2.35. The van der Waals surface area contributed by atoms with Gasteiger partial charge in [0.25, 0.3) is 0 Å². The van der Waals surface area contributed by atoms with Gasteiger partial charge in [-0.05, 0) is 0 Å². The van der Waals surface area contributed by atoms with E-state index in [0.29, 0.717) is 0 Å². The van der Waals surface area contributed by atoms with E-state index in [9.17, 15) is 25.2 Å². The molecule has 0 rings (SSSR count). The van der Waals surface area contributed by atoms with Crippen molar-refractivity contribution >= 4 is 5.97 Å². The van der Waals surface area contributed by atoms with Crippen LogP contribution in [0.3, 0.4) is 0 Å². The minimum atomic E-state index is -2.11. The molecule has 0 aliphatic rings. The molecule has 0 bridgehead atoms. The first-order valence-electron chi connectivity index (χ1n) is 5.26. The highest BCUT2D eigenvalue weighted by Crippen LogP contribution is 2.09. The first-order valence-corrected chi connectivity index (χ1v) is 5.26. The van der Waals surface area contributed by atoms with Crippen LogP contribution < -0.4 is 0 Å². The fourth-order valence-corrected chi connectivity index (χ4v) is 1.07. The molecule has 0 amide bonds. The van der Waals surface area contributed by atoms with Crippen molar-refractivity contribution in [1.29, 1.82) is 0 Å². The van der Waals surface area contributed by atoms with Crippen LogP contribution in [0.5, 0.6) is 0 Å². The zero-order valence-electron chi connectivity index (χ0n) is 9.77. The van der Waals surface area contributed by atoms with Gasteiger partial charge in [-0.25, -0.2) is 4.79 Å². The molecule has 0 saturated carbocycles. The number of rotatable bonds is 9. The average molecular weight is 286 g/mol. The first kappa shape index (κ1) is 18.1. The van der Waals surface area contributed by atoms with Crippen molar-refractivity contribution in [3.05, 3.63) is 0 Å². The predicted octanol–water partition coefficient (Wildman–Crippen LogP) is -4.80. The normalized spacial score (nSPS) is 21.2. The Labute approximate surface area is 107 Å². The van der Waals surface area contributed by atoms with Gasteiger partial charge in [-0.15, -0.1) is 0 Å². The summed E-state index contributed by atoms with van der Waals surface area (Å²) in [4.78, 5) is 10.2. The van der Waals surface area contributed by atoms with Gasteiger partial charge >= 0.3 is 5.97 Å². The lowest BCUT2D eigenvalue weighted by Gasteiger charge is -2.28. The number of aliphatic hydroxyl groups excluding tert-OH is 7. The third-order valence-corrected chi connectivity index (χ3v) is 2.28. The standard InChI is InChI=1S/C9H18O10/c10-1-3(11)5(13)6(14)7(15)9(18)19-2-4(12)8(16)17/h3-7,9-15,18H,1-2H2,(H,16,17)/t3-,4-,5-,6+,7+,9-/m1/s1. The Morgan fingerprint density at radius 3 is 1.89 bits per heavy atom. The molecule has 19 heavy (non-hydrogen) atoms. The molecule has 114 valence electrons. The molecule has 6 atom stereocenters. The monoisotopic (exact) mass is 286 g/mol. The maximum atomic E-state index is 10.2. The van der Waals surface area contributed by atoms with Gasteiger partial charge in [0.15, 0.2) is 12.4 Å². The SMILES string of the molecule is O=C(O)[C@H](O)CO[C@@H](O)[C@@H](O)[C@@H](O)[C@H](O)[C@H](O)CO. The van der Waals surface area contributed by atoms with Crippen LogP contribution in [-0.2, 0) is 9.53 Å². The van der Waals surface area contributed by atoms with E-state index in [1.54, 1.807) is 0 Å².